The third kappa shape index (κ3) is 4.84. The first-order chi connectivity index (χ1) is 15.0. The van der Waals surface area contributed by atoms with Crippen molar-refractivity contribution < 1.29 is 17.9 Å². The van der Waals surface area contributed by atoms with Gasteiger partial charge in [-0.2, -0.15) is 4.31 Å². The van der Waals surface area contributed by atoms with Crippen LogP contribution in [0.1, 0.15) is 31.2 Å². The second-order valence-electron chi connectivity index (χ2n) is 8.49. The van der Waals surface area contributed by atoms with Gasteiger partial charge in [0.25, 0.3) is 0 Å². The van der Waals surface area contributed by atoms with Gasteiger partial charge in [0.05, 0.1) is 10.8 Å². The van der Waals surface area contributed by atoms with E-state index in [2.05, 4.69) is 17.4 Å². The van der Waals surface area contributed by atoms with E-state index in [1.807, 2.05) is 18.2 Å². The normalized spacial score (nSPS) is 22.0. The van der Waals surface area contributed by atoms with Gasteiger partial charge in [-0.05, 0) is 43.4 Å². The predicted octanol–water partition coefficient (Wildman–Crippen LogP) is 2.95. The third-order valence-corrected chi connectivity index (χ3v) is 8.45. The molecule has 2 fully saturated rings. The molecule has 166 valence electrons. The van der Waals surface area contributed by atoms with Crippen molar-refractivity contribution >= 4 is 15.9 Å². The van der Waals surface area contributed by atoms with Gasteiger partial charge >= 0.3 is 0 Å². The molecule has 2 saturated heterocycles. The largest absolute Gasteiger partial charge is 0.381 e. The van der Waals surface area contributed by atoms with Crippen molar-refractivity contribution in [3.05, 3.63) is 66.2 Å². The van der Waals surface area contributed by atoms with Crippen LogP contribution in [0.25, 0.3) is 0 Å². The number of sulfonamides is 1. The molecule has 2 aliphatic heterocycles. The summed E-state index contributed by atoms with van der Waals surface area (Å²) in [7, 11) is -3.58. The number of amides is 1. The first-order valence-corrected chi connectivity index (χ1v) is 12.4. The fraction of sp³-hybridized carbons (Fsp3) is 0.458. The summed E-state index contributed by atoms with van der Waals surface area (Å²) in [4.78, 5) is 13.3. The Bertz CT molecular complexity index is 973. The smallest absolute Gasteiger partial charge is 0.243 e. The van der Waals surface area contributed by atoms with Crippen LogP contribution in [0.5, 0.6) is 0 Å². The lowest BCUT2D eigenvalue weighted by Crippen LogP contribution is -2.49. The molecule has 1 amide bonds. The third-order valence-electron chi connectivity index (χ3n) is 6.57. The molecule has 0 radical (unpaired) electrons. The molecule has 0 bridgehead atoms. The Kier molecular flexibility index (Phi) is 6.74. The Labute approximate surface area is 184 Å². The Hall–Kier alpha value is -2.22. The molecular formula is C24H30N2O4S. The highest BCUT2D eigenvalue weighted by atomic mass is 32.2. The van der Waals surface area contributed by atoms with Crippen molar-refractivity contribution in [3.8, 4) is 0 Å². The Balaban J connectivity index is 1.43. The van der Waals surface area contributed by atoms with Gasteiger partial charge in [0.1, 0.15) is 0 Å². The summed E-state index contributed by atoms with van der Waals surface area (Å²) in [5.41, 5.74) is 1.08. The van der Waals surface area contributed by atoms with Crippen molar-refractivity contribution in [2.45, 2.75) is 36.0 Å². The summed E-state index contributed by atoms with van der Waals surface area (Å²) >= 11 is 0. The zero-order chi connectivity index (χ0) is 21.7. The number of carbonyl (C=O) groups excluding carboxylic acids is 1. The topological polar surface area (TPSA) is 75.7 Å². The van der Waals surface area contributed by atoms with Crippen molar-refractivity contribution in [1.82, 2.24) is 9.62 Å². The van der Waals surface area contributed by atoms with Gasteiger partial charge < -0.3 is 10.1 Å². The SMILES string of the molecule is O=C(NCC1(c2ccccc2)CCOCC1)[C@@H]1CCCN(S(=O)(=O)c2ccccc2)C1. The molecule has 1 atom stereocenters. The number of nitrogens with one attached hydrogen (secondary N) is 1. The van der Waals surface area contributed by atoms with Gasteiger partial charge in [-0.15, -0.1) is 0 Å². The minimum Gasteiger partial charge on any atom is -0.381 e. The van der Waals surface area contributed by atoms with E-state index in [0.717, 1.165) is 12.8 Å². The second kappa shape index (κ2) is 9.51. The van der Waals surface area contributed by atoms with Crippen molar-refractivity contribution in [3.63, 3.8) is 0 Å². The summed E-state index contributed by atoms with van der Waals surface area (Å²) in [5.74, 6) is -0.394. The minimum atomic E-state index is -3.58. The Morgan fingerprint density at radius 3 is 2.35 bits per heavy atom. The zero-order valence-electron chi connectivity index (χ0n) is 17.7. The van der Waals surface area contributed by atoms with Gasteiger partial charge in [-0.1, -0.05) is 48.5 Å². The molecule has 2 aromatic carbocycles. The number of hydrogen-bond donors (Lipinski definition) is 1. The molecule has 2 heterocycles. The lowest BCUT2D eigenvalue weighted by molar-refractivity contribution is -0.126. The molecule has 2 aromatic rings. The maximum Gasteiger partial charge on any atom is 0.243 e. The monoisotopic (exact) mass is 442 g/mol. The number of nitrogens with zero attached hydrogens (tertiary/aromatic N) is 1. The van der Waals surface area contributed by atoms with Gasteiger partial charge in [-0.25, -0.2) is 8.42 Å². The van der Waals surface area contributed by atoms with Gasteiger partial charge in [0.15, 0.2) is 0 Å². The molecule has 0 unspecified atom stereocenters. The number of carbonyl (C=O) groups is 1. The van der Waals surface area contributed by atoms with Crippen LogP contribution in [0, 0.1) is 5.92 Å². The average Bonchev–Trinajstić information content (AvgIpc) is 2.84. The van der Waals surface area contributed by atoms with E-state index in [-0.39, 0.29) is 28.7 Å². The van der Waals surface area contributed by atoms with Crippen molar-refractivity contribution in [1.29, 1.82) is 0 Å². The van der Waals surface area contributed by atoms with E-state index in [9.17, 15) is 13.2 Å². The summed E-state index contributed by atoms with van der Waals surface area (Å²) in [6.07, 6.45) is 3.10. The highest BCUT2D eigenvalue weighted by Gasteiger charge is 2.37. The molecule has 31 heavy (non-hydrogen) atoms. The maximum atomic E-state index is 13.1. The van der Waals surface area contributed by atoms with Crippen LogP contribution in [-0.2, 0) is 25.0 Å². The van der Waals surface area contributed by atoms with Crippen LogP contribution in [0.15, 0.2) is 65.6 Å². The minimum absolute atomic E-state index is 0.0604. The quantitative estimate of drug-likeness (QED) is 0.746. The van der Waals surface area contributed by atoms with E-state index in [4.69, 9.17) is 4.74 Å². The van der Waals surface area contributed by atoms with E-state index in [1.54, 1.807) is 30.3 Å². The van der Waals surface area contributed by atoms with Crippen LogP contribution in [0.4, 0.5) is 0 Å². The summed E-state index contributed by atoms with van der Waals surface area (Å²) in [5, 5.41) is 3.16. The van der Waals surface area contributed by atoms with Crippen molar-refractivity contribution in [2.75, 3.05) is 32.8 Å². The molecule has 0 aromatic heterocycles. The van der Waals surface area contributed by atoms with Crippen LogP contribution in [0.2, 0.25) is 0 Å². The molecule has 6 nitrogen and oxygen atoms in total. The predicted molar refractivity (Wildman–Crippen MR) is 119 cm³/mol. The lowest BCUT2D eigenvalue weighted by atomic mass is 9.74. The molecule has 0 aliphatic carbocycles. The Morgan fingerprint density at radius 1 is 1.03 bits per heavy atom. The Morgan fingerprint density at radius 2 is 1.68 bits per heavy atom. The molecular weight excluding hydrogens is 412 g/mol. The van der Waals surface area contributed by atoms with Crippen LogP contribution in [0.3, 0.4) is 0 Å². The lowest BCUT2D eigenvalue weighted by Gasteiger charge is -2.38. The first-order valence-electron chi connectivity index (χ1n) is 11.0. The number of piperidine rings is 1. The molecule has 1 N–H and O–H groups in total. The molecule has 4 rings (SSSR count). The number of hydrogen-bond acceptors (Lipinski definition) is 4. The van der Waals surface area contributed by atoms with E-state index in [1.165, 1.54) is 9.87 Å². The number of ether oxygens (including phenoxy) is 1. The second-order valence-corrected chi connectivity index (χ2v) is 10.4. The summed E-state index contributed by atoms with van der Waals surface area (Å²) in [6.45, 7) is 2.58. The first kappa shape index (κ1) is 22.0. The highest BCUT2D eigenvalue weighted by Crippen LogP contribution is 2.34. The summed E-state index contributed by atoms with van der Waals surface area (Å²) in [6, 6.07) is 18.7. The fourth-order valence-electron chi connectivity index (χ4n) is 4.64. The van der Waals surface area contributed by atoms with Crippen LogP contribution >= 0.6 is 0 Å². The molecule has 0 saturated carbocycles. The molecule has 0 spiro atoms. The van der Waals surface area contributed by atoms with E-state index in [0.29, 0.717) is 39.1 Å². The number of benzene rings is 2. The molecule has 7 heteroatoms. The van der Waals surface area contributed by atoms with Gasteiger partial charge in [-0.3, -0.25) is 4.79 Å². The highest BCUT2D eigenvalue weighted by molar-refractivity contribution is 7.89. The van der Waals surface area contributed by atoms with Crippen molar-refractivity contribution in [2.24, 2.45) is 5.92 Å². The van der Waals surface area contributed by atoms with Gasteiger partial charge in [0.2, 0.25) is 15.9 Å². The van der Waals surface area contributed by atoms with Gasteiger partial charge in [0, 0.05) is 38.3 Å². The number of rotatable bonds is 6. The fourth-order valence-corrected chi connectivity index (χ4v) is 6.18. The zero-order valence-corrected chi connectivity index (χ0v) is 18.5. The van der Waals surface area contributed by atoms with E-state index >= 15 is 0 Å². The standard InChI is InChI=1S/C24H30N2O4S/c27-23(25-19-24(13-16-30-17-14-24)21-9-3-1-4-10-21)20-8-7-15-26(18-20)31(28,29)22-11-5-2-6-12-22/h1-6,9-12,20H,7-8,13-19H2,(H,25,27)/t20-/m1/s1. The maximum absolute atomic E-state index is 13.1. The molecule has 2 aliphatic rings. The van der Waals surface area contributed by atoms with Crippen LogP contribution < -0.4 is 5.32 Å². The average molecular weight is 443 g/mol. The summed E-state index contributed by atoms with van der Waals surface area (Å²) < 4.78 is 33.0. The van der Waals surface area contributed by atoms with Crippen LogP contribution in [-0.4, -0.2) is 51.5 Å². The van der Waals surface area contributed by atoms with E-state index < -0.39 is 10.0 Å².